The third-order valence-electron chi connectivity index (χ3n) is 3.26. The van der Waals surface area contributed by atoms with Crippen LogP contribution in [0.5, 0.6) is 0 Å². The van der Waals surface area contributed by atoms with E-state index in [1.165, 1.54) is 5.56 Å². The molecule has 0 saturated carbocycles. The molecule has 4 heteroatoms. The second kappa shape index (κ2) is 6.88. The summed E-state index contributed by atoms with van der Waals surface area (Å²) in [5.74, 6) is 0.225. The molecule has 4 nitrogen and oxygen atoms in total. The van der Waals surface area contributed by atoms with E-state index in [0.29, 0.717) is 11.4 Å². The second-order valence-corrected chi connectivity index (χ2v) is 5.03. The first-order chi connectivity index (χ1) is 10.1. The molecule has 0 bridgehead atoms. The van der Waals surface area contributed by atoms with Gasteiger partial charge in [-0.05, 0) is 42.7 Å². The maximum Gasteiger partial charge on any atom is 0.255 e. The quantitative estimate of drug-likeness (QED) is 0.883. The SMILES string of the molecule is CCCc1cc(C(=O)Nc2cccc(CC)c2)cc(N)n1. The number of nitrogens with zero attached hydrogens (tertiary/aromatic N) is 1. The van der Waals surface area contributed by atoms with Crippen molar-refractivity contribution in [3.05, 3.63) is 53.2 Å². The summed E-state index contributed by atoms with van der Waals surface area (Å²) in [6.45, 7) is 4.16. The maximum absolute atomic E-state index is 12.3. The molecule has 1 heterocycles. The first kappa shape index (κ1) is 15.0. The summed E-state index contributed by atoms with van der Waals surface area (Å²) in [5.41, 5.74) is 9.16. The van der Waals surface area contributed by atoms with E-state index in [0.717, 1.165) is 30.6 Å². The van der Waals surface area contributed by atoms with Gasteiger partial charge in [0, 0.05) is 16.9 Å². The van der Waals surface area contributed by atoms with Crippen LogP contribution in [-0.4, -0.2) is 10.9 Å². The Bertz CT molecular complexity index is 638. The highest BCUT2D eigenvalue weighted by Crippen LogP contribution is 2.15. The summed E-state index contributed by atoms with van der Waals surface area (Å²) in [6, 6.07) is 11.3. The fourth-order valence-electron chi connectivity index (χ4n) is 2.20. The van der Waals surface area contributed by atoms with Gasteiger partial charge in [0.15, 0.2) is 0 Å². The lowest BCUT2D eigenvalue weighted by molar-refractivity contribution is 0.102. The van der Waals surface area contributed by atoms with Crippen molar-refractivity contribution in [1.29, 1.82) is 0 Å². The molecular formula is C17H21N3O. The molecular weight excluding hydrogens is 262 g/mol. The summed E-state index contributed by atoms with van der Waals surface area (Å²) in [5, 5.41) is 2.91. The molecule has 1 amide bonds. The monoisotopic (exact) mass is 283 g/mol. The minimum absolute atomic E-state index is 0.158. The van der Waals surface area contributed by atoms with Gasteiger partial charge in [-0.15, -0.1) is 0 Å². The van der Waals surface area contributed by atoms with Crippen LogP contribution in [0.4, 0.5) is 11.5 Å². The van der Waals surface area contributed by atoms with E-state index < -0.39 is 0 Å². The van der Waals surface area contributed by atoms with Gasteiger partial charge in [0.05, 0.1) is 0 Å². The highest BCUT2D eigenvalue weighted by atomic mass is 16.1. The van der Waals surface area contributed by atoms with E-state index >= 15 is 0 Å². The van der Waals surface area contributed by atoms with Gasteiger partial charge in [-0.1, -0.05) is 32.4 Å². The molecule has 0 atom stereocenters. The van der Waals surface area contributed by atoms with E-state index in [2.05, 4.69) is 24.1 Å². The van der Waals surface area contributed by atoms with Crippen molar-refractivity contribution in [3.63, 3.8) is 0 Å². The Morgan fingerprint density at radius 1 is 1.24 bits per heavy atom. The molecule has 0 aliphatic heterocycles. The fourth-order valence-corrected chi connectivity index (χ4v) is 2.20. The Morgan fingerprint density at radius 2 is 2.05 bits per heavy atom. The van der Waals surface area contributed by atoms with Gasteiger partial charge in [0.1, 0.15) is 5.82 Å². The number of nitrogens with one attached hydrogen (secondary N) is 1. The number of aromatic nitrogens is 1. The first-order valence-electron chi connectivity index (χ1n) is 7.29. The zero-order chi connectivity index (χ0) is 15.2. The van der Waals surface area contributed by atoms with Crippen molar-refractivity contribution in [2.24, 2.45) is 0 Å². The van der Waals surface area contributed by atoms with Crippen LogP contribution in [-0.2, 0) is 12.8 Å². The highest BCUT2D eigenvalue weighted by Gasteiger charge is 2.09. The number of hydrogen-bond donors (Lipinski definition) is 2. The van der Waals surface area contributed by atoms with Crippen molar-refractivity contribution >= 4 is 17.4 Å². The number of pyridine rings is 1. The summed E-state index contributed by atoms with van der Waals surface area (Å²) in [6.07, 6.45) is 2.72. The van der Waals surface area contributed by atoms with E-state index in [-0.39, 0.29) is 5.91 Å². The number of nitrogen functional groups attached to an aromatic ring is 1. The van der Waals surface area contributed by atoms with Crippen molar-refractivity contribution in [2.75, 3.05) is 11.1 Å². The largest absolute Gasteiger partial charge is 0.384 e. The lowest BCUT2D eigenvalue weighted by Crippen LogP contribution is -2.13. The van der Waals surface area contributed by atoms with Crippen LogP contribution in [0, 0.1) is 0 Å². The molecule has 0 fully saturated rings. The molecule has 2 rings (SSSR count). The van der Waals surface area contributed by atoms with Gasteiger partial charge in [0.2, 0.25) is 0 Å². The average molecular weight is 283 g/mol. The molecule has 0 aliphatic carbocycles. The van der Waals surface area contributed by atoms with Crippen molar-refractivity contribution in [2.45, 2.75) is 33.1 Å². The number of anilines is 2. The first-order valence-corrected chi connectivity index (χ1v) is 7.29. The van der Waals surface area contributed by atoms with Crippen LogP contribution in [0.3, 0.4) is 0 Å². The number of nitrogens with two attached hydrogens (primary N) is 1. The van der Waals surface area contributed by atoms with Crippen molar-refractivity contribution in [1.82, 2.24) is 4.98 Å². The number of hydrogen-bond acceptors (Lipinski definition) is 3. The fraction of sp³-hybridized carbons (Fsp3) is 0.294. The van der Waals surface area contributed by atoms with Crippen LogP contribution in [0.2, 0.25) is 0 Å². The standard InChI is InChI=1S/C17H21N3O/c1-3-6-14-10-13(11-16(18)19-14)17(21)20-15-8-5-7-12(4-2)9-15/h5,7-11H,3-4,6H2,1-2H3,(H2,18,19)(H,20,21). The van der Waals surface area contributed by atoms with E-state index in [1.807, 2.05) is 24.3 Å². The molecule has 0 unspecified atom stereocenters. The maximum atomic E-state index is 12.3. The Labute approximate surface area is 125 Å². The molecule has 0 spiro atoms. The smallest absolute Gasteiger partial charge is 0.255 e. The van der Waals surface area contributed by atoms with E-state index in [9.17, 15) is 4.79 Å². The third kappa shape index (κ3) is 4.05. The van der Waals surface area contributed by atoms with Gasteiger partial charge in [-0.25, -0.2) is 4.98 Å². The topological polar surface area (TPSA) is 68.0 Å². The number of aryl methyl sites for hydroxylation is 2. The van der Waals surface area contributed by atoms with Crippen molar-refractivity contribution < 1.29 is 4.79 Å². The minimum atomic E-state index is -0.158. The molecule has 1 aromatic carbocycles. The Balaban J connectivity index is 2.19. The Kier molecular flexibility index (Phi) is 4.93. The van der Waals surface area contributed by atoms with E-state index in [4.69, 9.17) is 5.73 Å². The Morgan fingerprint density at radius 3 is 2.76 bits per heavy atom. The minimum Gasteiger partial charge on any atom is -0.384 e. The number of carbonyl (C=O) groups excluding carboxylic acids is 1. The van der Waals surface area contributed by atoms with Crippen LogP contribution >= 0.6 is 0 Å². The Hall–Kier alpha value is -2.36. The molecule has 2 aromatic rings. The number of rotatable bonds is 5. The molecule has 0 aliphatic rings. The van der Waals surface area contributed by atoms with Crippen LogP contribution < -0.4 is 11.1 Å². The zero-order valence-corrected chi connectivity index (χ0v) is 12.5. The van der Waals surface area contributed by atoms with Crippen LogP contribution in [0.25, 0.3) is 0 Å². The second-order valence-electron chi connectivity index (χ2n) is 5.03. The van der Waals surface area contributed by atoms with Gasteiger partial charge in [-0.2, -0.15) is 0 Å². The van der Waals surface area contributed by atoms with E-state index in [1.54, 1.807) is 12.1 Å². The molecule has 0 radical (unpaired) electrons. The summed E-state index contributed by atoms with van der Waals surface area (Å²) < 4.78 is 0. The molecule has 3 N–H and O–H groups in total. The van der Waals surface area contributed by atoms with Gasteiger partial charge < -0.3 is 11.1 Å². The highest BCUT2D eigenvalue weighted by molar-refractivity contribution is 6.04. The number of carbonyl (C=O) groups is 1. The third-order valence-corrected chi connectivity index (χ3v) is 3.26. The predicted octanol–water partition coefficient (Wildman–Crippen LogP) is 3.43. The van der Waals surface area contributed by atoms with Crippen molar-refractivity contribution in [3.8, 4) is 0 Å². The summed E-state index contributed by atoms with van der Waals surface area (Å²) >= 11 is 0. The summed E-state index contributed by atoms with van der Waals surface area (Å²) in [7, 11) is 0. The van der Waals surface area contributed by atoms with Gasteiger partial charge in [0.25, 0.3) is 5.91 Å². The summed E-state index contributed by atoms with van der Waals surface area (Å²) in [4.78, 5) is 16.6. The van der Waals surface area contributed by atoms with Crippen LogP contribution in [0.1, 0.15) is 41.9 Å². The lowest BCUT2D eigenvalue weighted by Gasteiger charge is -2.08. The number of benzene rings is 1. The number of amides is 1. The van der Waals surface area contributed by atoms with Crippen LogP contribution in [0.15, 0.2) is 36.4 Å². The normalized spacial score (nSPS) is 10.4. The predicted molar refractivity (Wildman–Crippen MR) is 86.4 cm³/mol. The van der Waals surface area contributed by atoms with Gasteiger partial charge >= 0.3 is 0 Å². The zero-order valence-electron chi connectivity index (χ0n) is 12.5. The lowest BCUT2D eigenvalue weighted by atomic mass is 10.1. The molecule has 0 saturated heterocycles. The molecule has 21 heavy (non-hydrogen) atoms. The average Bonchev–Trinajstić information content (AvgIpc) is 2.47. The molecule has 1 aromatic heterocycles. The molecule has 110 valence electrons. The van der Waals surface area contributed by atoms with Gasteiger partial charge in [-0.3, -0.25) is 4.79 Å².